The molecule has 2 aromatic carbocycles. The van der Waals surface area contributed by atoms with E-state index in [1.54, 1.807) is 85.2 Å². The largest absolute Gasteiger partial charge is 0.493 e. The van der Waals surface area contributed by atoms with Gasteiger partial charge in [-0.25, -0.2) is 28.8 Å². The van der Waals surface area contributed by atoms with Gasteiger partial charge in [0.2, 0.25) is 0 Å². The van der Waals surface area contributed by atoms with Crippen LogP contribution in [0.25, 0.3) is 0 Å². The van der Waals surface area contributed by atoms with E-state index in [0.717, 1.165) is 179 Å². The number of hydrogen-bond donors (Lipinski definition) is 6. The molecule has 20 nitrogen and oxygen atoms in total. The van der Waals surface area contributed by atoms with Crippen LogP contribution in [-0.2, 0) is 64.2 Å². The molecule has 0 aliphatic heterocycles. The Hall–Kier alpha value is -11.5. The van der Waals surface area contributed by atoms with Gasteiger partial charge < -0.3 is 39.8 Å². The monoisotopic (exact) mass is 1600 g/mol. The molecule has 608 valence electrons. The van der Waals surface area contributed by atoms with Crippen molar-refractivity contribution < 1.29 is 68.6 Å². The van der Waals surface area contributed by atoms with Crippen molar-refractivity contribution in [3.05, 3.63) is 288 Å². The van der Waals surface area contributed by atoms with E-state index >= 15 is 0 Å². The normalized spacial score (nSPS) is 20.5. The van der Waals surface area contributed by atoms with Gasteiger partial charge in [-0.3, -0.25) is 29.9 Å². The molecular formula is C96H104N6O14S. The molecule has 9 saturated carbocycles. The fourth-order valence-electron chi connectivity index (χ4n) is 19.2. The number of ether oxygens (including phenoxy) is 1. The lowest BCUT2D eigenvalue weighted by Crippen LogP contribution is -2.46. The molecule has 21 heteroatoms. The number of nitrogens with zero attached hydrogens (tertiary/aromatic N) is 6. The molecule has 6 N–H and O–H groups in total. The highest BCUT2D eigenvalue weighted by molar-refractivity contribution is 7.11. The molecule has 9 aliphatic carbocycles. The second-order valence-electron chi connectivity index (χ2n) is 32.8. The number of terminal acetylenes is 1. The molecule has 8 aromatic heterocycles. The highest BCUT2D eigenvalue weighted by atomic mass is 32.1. The maximum absolute atomic E-state index is 11.3. The van der Waals surface area contributed by atoms with Crippen LogP contribution in [0.4, 0.5) is 0 Å². The van der Waals surface area contributed by atoms with E-state index in [0.29, 0.717) is 64.5 Å². The lowest BCUT2D eigenvalue weighted by molar-refractivity contribution is -0.0570. The number of thiophene rings is 1. The highest BCUT2D eigenvalue weighted by Gasteiger charge is 2.51. The van der Waals surface area contributed by atoms with Gasteiger partial charge in [0.15, 0.2) is 0 Å². The average molecular weight is 1600 g/mol. The van der Waals surface area contributed by atoms with Crippen LogP contribution in [0.3, 0.4) is 0 Å². The van der Waals surface area contributed by atoms with Gasteiger partial charge in [0.25, 0.3) is 0 Å². The highest BCUT2D eigenvalue weighted by Crippen LogP contribution is 2.62. The minimum atomic E-state index is -0.918. The number of furan rings is 1. The molecule has 10 aromatic rings. The number of hydrogen-bond acceptors (Lipinski definition) is 15. The first-order valence-electron chi connectivity index (χ1n) is 40.9. The Labute approximate surface area is 687 Å². The fourth-order valence-corrected chi connectivity index (χ4v) is 20.1. The number of aromatic nitrogens is 6. The average Bonchev–Trinajstić information content (AvgIpc) is 1.45. The number of carboxylic acids is 6. The molecule has 9 aliphatic rings. The summed E-state index contributed by atoms with van der Waals surface area (Å²) in [4.78, 5) is 93.6. The predicted octanol–water partition coefficient (Wildman–Crippen LogP) is 19.0. The summed E-state index contributed by atoms with van der Waals surface area (Å²) in [5.41, 5.74) is 10.7. The van der Waals surface area contributed by atoms with E-state index in [-0.39, 0.29) is 0 Å². The Morgan fingerprint density at radius 3 is 1.26 bits per heavy atom. The van der Waals surface area contributed by atoms with Crippen LogP contribution in [0.5, 0.6) is 5.75 Å². The summed E-state index contributed by atoms with van der Waals surface area (Å²) in [6.45, 7) is 4.76. The number of benzene rings is 2. The smallest absolute Gasteiger partial charge is 0.336 e. The number of pyridine rings is 6. The Morgan fingerprint density at radius 2 is 0.855 bits per heavy atom. The maximum Gasteiger partial charge on any atom is 0.336 e. The van der Waals surface area contributed by atoms with E-state index in [9.17, 15) is 44.1 Å². The van der Waals surface area contributed by atoms with E-state index in [4.69, 9.17) is 30.9 Å². The van der Waals surface area contributed by atoms with E-state index in [2.05, 4.69) is 54.9 Å². The lowest BCUT2D eigenvalue weighted by atomic mass is 9.48. The molecule has 0 amide bonds. The van der Waals surface area contributed by atoms with Crippen molar-refractivity contribution in [2.75, 3.05) is 6.61 Å². The summed E-state index contributed by atoms with van der Waals surface area (Å²) in [6.07, 6.45) is 52.6. The molecular weight excluding hydrogens is 1490 g/mol. The van der Waals surface area contributed by atoms with Crippen LogP contribution in [-0.4, -0.2) is 103 Å². The van der Waals surface area contributed by atoms with Crippen LogP contribution in [0, 0.1) is 84.9 Å². The Kier molecular flexibility index (Phi) is 29.7. The lowest BCUT2D eigenvalue weighted by Gasteiger charge is -2.57. The van der Waals surface area contributed by atoms with Gasteiger partial charge in [0.1, 0.15) is 17.3 Å². The zero-order chi connectivity index (χ0) is 82.4. The summed E-state index contributed by atoms with van der Waals surface area (Å²) in [5.74, 6) is 8.24. The molecule has 8 heterocycles. The standard InChI is InChI=1S/C18H19NO3.2C18H23NO2.C16H13NO2.C13H13NO3.C13H13NO2S/c20-18(21)17-8-9-19-11-15(17)7-6-13-2-1-3-16(10-13)22-12-14-4-5-14;20-17(21)16-2-4-19-11-15(16)1-3-18-8-12-5-13(9-18)7-14(6-12)10-18;20-18(21)17-3-4-19-10-13(17)1-2-16-14-6-11-5-12(8-14)9-15(16)7-11;1-2-12-3-5-13(6-4-12)7-8-14-11-17-10-9-15(14)16(18)19;2*1-9-2-4-11(17-9)5-3-10-8-14-7-6-12(10)13(15)16/h1-3,8-11,14H,4-7,12H2,(H,20,21);2,4,11-14H,1,3,5-10H2,(H,20,21);3-4,10-12,14-16H,1-2,5-9H2,(H,20,21);1,3-6,9-11H,7-8H2,(H,18,19);2*2,4,6-8H,3,5H2,1H3,(H,15,16). The maximum atomic E-state index is 11.3. The number of carbonyl (C=O) groups is 6. The molecule has 8 bridgehead atoms. The quantitative estimate of drug-likeness (QED) is 0.0261. The van der Waals surface area contributed by atoms with Crippen molar-refractivity contribution in [3.63, 3.8) is 0 Å². The van der Waals surface area contributed by atoms with Gasteiger partial charge in [-0.1, -0.05) is 30.2 Å². The summed E-state index contributed by atoms with van der Waals surface area (Å²) < 4.78 is 11.2. The molecule has 19 rings (SSSR count). The molecule has 0 atom stereocenters. The number of rotatable bonds is 27. The summed E-state index contributed by atoms with van der Waals surface area (Å²) in [7, 11) is 0. The molecule has 9 fully saturated rings. The van der Waals surface area contributed by atoms with Crippen molar-refractivity contribution in [3.8, 4) is 18.1 Å². The second-order valence-corrected chi connectivity index (χ2v) is 34.2. The fraction of sp³-hybridized carbons (Fsp3) is 0.396. The molecule has 0 radical (unpaired) electrons. The van der Waals surface area contributed by atoms with Gasteiger partial charge in [0.05, 0.1) is 40.0 Å². The zero-order valence-electron chi connectivity index (χ0n) is 66.5. The van der Waals surface area contributed by atoms with Crippen LogP contribution >= 0.6 is 11.3 Å². The molecule has 0 unspecified atom stereocenters. The van der Waals surface area contributed by atoms with Crippen molar-refractivity contribution in [1.29, 1.82) is 0 Å². The van der Waals surface area contributed by atoms with Crippen molar-refractivity contribution in [2.24, 2.45) is 58.7 Å². The summed E-state index contributed by atoms with van der Waals surface area (Å²) in [6, 6.07) is 33.1. The topological polar surface area (TPSA) is 324 Å². The van der Waals surface area contributed by atoms with Crippen LogP contribution in [0.1, 0.15) is 230 Å². The van der Waals surface area contributed by atoms with Gasteiger partial charge in [0, 0.05) is 96.1 Å². The summed E-state index contributed by atoms with van der Waals surface area (Å²) >= 11 is 1.75. The minimum absolute atomic E-state index is 0.309. The van der Waals surface area contributed by atoms with E-state index in [1.165, 1.54) is 130 Å². The van der Waals surface area contributed by atoms with Gasteiger partial charge in [-0.15, -0.1) is 17.8 Å². The third-order valence-corrected chi connectivity index (χ3v) is 25.6. The number of aryl methyl sites for hydroxylation is 12. The Bertz CT molecular complexity index is 4940. The zero-order valence-corrected chi connectivity index (χ0v) is 67.3. The third kappa shape index (κ3) is 24.3. The predicted molar refractivity (Wildman–Crippen MR) is 446 cm³/mol. The van der Waals surface area contributed by atoms with Crippen molar-refractivity contribution in [1.82, 2.24) is 29.9 Å². The minimum Gasteiger partial charge on any atom is -0.493 e. The van der Waals surface area contributed by atoms with Gasteiger partial charge >= 0.3 is 35.8 Å². The number of carboxylic acid groups (broad SMARTS) is 6. The first-order valence-corrected chi connectivity index (χ1v) is 41.8. The van der Waals surface area contributed by atoms with Crippen LogP contribution in [0.2, 0.25) is 0 Å². The molecule has 117 heavy (non-hydrogen) atoms. The van der Waals surface area contributed by atoms with Gasteiger partial charge in [-0.2, -0.15) is 0 Å². The van der Waals surface area contributed by atoms with Crippen LogP contribution in [0.15, 0.2) is 188 Å². The Morgan fingerprint density at radius 1 is 0.444 bits per heavy atom. The van der Waals surface area contributed by atoms with Crippen LogP contribution < -0.4 is 4.74 Å². The summed E-state index contributed by atoms with van der Waals surface area (Å²) in [5, 5.41) is 54.9. The van der Waals surface area contributed by atoms with E-state index < -0.39 is 35.8 Å². The number of aromatic carboxylic acids is 6. The van der Waals surface area contributed by atoms with Crippen molar-refractivity contribution >= 4 is 47.2 Å². The molecule has 0 saturated heterocycles. The second kappa shape index (κ2) is 40.9. The van der Waals surface area contributed by atoms with Crippen molar-refractivity contribution in [2.45, 2.75) is 174 Å². The Balaban J connectivity index is 0.000000130. The first-order chi connectivity index (χ1) is 56.6. The van der Waals surface area contributed by atoms with Gasteiger partial charge in [-0.05, 0) is 356 Å². The van der Waals surface area contributed by atoms with E-state index in [1.807, 2.05) is 67.6 Å². The SMILES string of the molecule is C#Cc1ccc(CCc2cnccc2C(=O)O)cc1.Cc1ccc(CCc2cnccc2C(=O)O)o1.Cc1ccc(CCc2cnccc2C(=O)O)s1.O=C(O)c1ccncc1CCC12CC3CC(CC(C3)C1)C2.O=C(O)c1ccncc1CCC1C2CC3CC(C2)CC1C3.O=C(O)c1ccncc1CCc1cccc(OCC2CC2)c1. The first kappa shape index (κ1) is 84.9. The third-order valence-electron chi connectivity index (χ3n) is 24.5. The molecule has 0 spiro atoms.